The highest BCUT2D eigenvalue weighted by Crippen LogP contribution is 2.16. The Morgan fingerprint density at radius 3 is 2.91 bits per heavy atom. The van der Waals surface area contributed by atoms with Gasteiger partial charge in [0, 0.05) is 26.2 Å². The minimum absolute atomic E-state index is 0.0466. The van der Waals surface area contributed by atoms with E-state index in [2.05, 4.69) is 20.5 Å². The van der Waals surface area contributed by atoms with Crippen LogP contribution in [0.4, 0.5) is 11.5 Å². The molecule has 1 aromatic rings. The molecule has 120 valence electrons. The Morgan fingerprint density at radius 1 is 1.36 bits per heavy atom. The smallest absolute Gasteiger partial charge is 0.227 e. The van der Waals surface area contributed by atoms with Gasteiger partial charge in [0.05, 0.1) is 44.2 Å². The second-order valence-electron chi connectivity index (χ2n) is 5.45. The summed E-state index contributed by atoms with van der Waals surface area (Å²) >= 11 is 0. The van der Waals surface area contributed by atoms with Gasteiger partial charge in [-0.15, -0.1) is 0 Å². The van der Waals surface area contributed by atoms with Gasteiger partial charge in [0.2, 0.25) is 5.91 Å². The van der Waals surface area contributed by atoms with Crippen molar-refractivity contribution in [3.05, 3.63) is 18.3 Å². The number of hydrogen-bond donors (Lipinski definition) is 2. The number of rotatable bonds is 4. The monoisotopic (exact) mass is 306 g/mol. The Balaban J connectivity index is 1.50. The first-order valence-corrected chi connectivity index (χ1v) is 7.72. The van der Waals surface area contributed by atoms with Crippen LogP contribution in [0.1, 0.15) is 6.42 Å². The normalized spacial score (nSPS) is 22.4. The first-order valence-electron chi connectivity index (χ1n) is 7.72. The highest BCUT2D eigenvalue weighted by molar-refractivity contribution is 5.90. The van der Waals surface area contributed by atoms with E-state index >= 15 is 0 Å². The Labute approximate surface area is 130 Å². The number of pyridine rings is 1. The van der Waals surface area contributed by atoms with Gasteiger partial charge in [-0.05, 0) is 12.1 Å². The van der Waals surface area contributed by atoms with Crippen LogP contribution < -0.4 is 15.5 Å². The van der Waals surface area contributed by atoms with Crippen molar-refractivity contribution in [1.82, 2.24) is 10.3 Å². The van der Waals surface area contributed by atoms with Crippen molar-refractivity contribution in [1.29, 1.82) is 0 Å². The summed E-state index contributed by atoms with van der Waals surface area (Å²) in [5, 5.41) is 6.08. The molecule has 0 radical (unpaired) electrons. The number of ether oxygens (including phenoxy) is 2. The van der Waals surface area contributed by atoms with Crippen LogP contribution in [0.2, 0.25) is 0 Å². The summed E-state index contributed by atoms with van der Waals surface area (Å²) in [5.74, 6) is 0.871. The molecule has 2 aliphatic heterocycles. The fourth-order valence-electron chi connectivity index (χ4n) is 2.61. The zero-order valence-corrected chi connectivity index (χ0v) is 12.6. The number of morpholine rings is 2. The third kappa shape index (κ3) is 4.16. The van der Waals surface area contributed by atoms with Gasteiger partial charge in [0.15, 0.2) is 0 Å². The third-order valence-electron chi connectivity index (χ3n) is 3.78. The Bertz CT molecular complexity index is 482. The minimum Gasteiger partial charge on any atom is -0.378 e. The van der Waals surface area contributed by atoms with Crippen molar-refractivity contribution in [3.8, 4) is 0 Å². The molecule has 2 N–H and O–H groups in total. The van der Waals surface area contributed by atoms with E-state index < -0.39 is 0 Å². The molecule has 2 fully saturated rings. The highest BCUT2D eigenvalue weighted by atomic mass is 16.5. The SMILES string of the molecule is O=C(CC1CNCCO1)Nc1ccc(N2CCOCC2)nc1. The molecule has 3 rings (SSSR count). The zero-order valence-electron chi connectivity index (χ0n) is 12.6. The molecule has 1 amide bonds. The molecular formula is C15H22N4O3. The number of carbonyl (C=O) groups excluding carboxylic acids is 1. The lowest BCUT2D eigenvalue weighted by Gasteiger charge is -2.27. The van der Waals surface area contributed by atoms with Gasteiger partial charge >= 0.3 is 0 Å². The van der Waals surface area contributed by atoms with E-state index in [0.717, 1.165) is 45.2 Å². The summed E-state index contributed by atoms with van der Waals surface area (Å²) in [6.07, 6.45) is 2.01. The number of anilines is 2. The van der Waals surface area contributed by atoms with Gasteiger partial charge in [-0.25, -0.2) is 4.98 Å². The van der Waals surface area contributed by atoms with Crippen LogP contribution in [0.25, 0.3) is 0 Å². The highest BCUT2D eigenvalue weighted by Gasteiger charge is 2.17. The predicted molar refractivity (Wildman–Crippen MR) is 83.1 cm³/mol. The van der Waals surface area contributed by atoms with E-state index in [9.17, 15) is 4.79 Å². The molecule has 1 atom stereocenters. The molecular weight excluding hydrogens is 284 g/mol. The number of hydrogen-bond acceptors (Lipinski definition) is 6. The van der Waals surface area contributed by atoms with Crippen LogP contribution in [0.15, 0.2) is 18.3 Å². The number of aromatic nitrogens is 1. The molecule has 2 saturated heterocycles. The van der Waals surface area contributed by atoms with Crippen molar-refractivity contribution in [2.45, 2.75) is 12.5 Å². The molecule has 0 spiro atoms. The van der Waals surface area contributed by atoms with E-state index in [1.54, 1.807) is 6.20 Å². The quantitative estimate of drug-likeness (QED) is 0.830. The number of nitrogens with zero attached hydrogens (tertiary/aromatic N) is 2. The largest absolute Gasteiger partial charge is 0.378 e. The summed E-state index contributed by atoms with van der Waals surface area (Å²) < 4.78 is 10.9. The van der Waals surface area contributed by atoms with Crippen LogP contribution in [0, 0.1) is 0 Å². The van der Waals surface area contributed by atoms with Crippen molar-refractivity contribution in [3.63, 3.8) is 0 Å². The lowest BCUT2D eigenvalue weighted by Crippen LogP contribution is -2.40. The molecule has 0 saturated carbocycles. The molecule has 0 aliphatic carbocycles. The van der Waals surface area contributed by atoms with E-state index in [1.807, 2.05) is 12.1 Å². The maximum Gasteiger partial charge on any atom is 0.227 e. The summed E-state index contributed by atoms with van der Waals surface area (Å²) in [4.78, 5) is 18.6. The standard InChI is InChI=1S/C15H22N4O3/c20-15(9-13-11-16-3-6-22-13)18-12-1-2-14(17-10-12)19-4-7-21-8-5-19/h1-2,10,13,16H,3-9,11H2,(H,18,20). The van der Waals surface area contributed by atoms with Crippen LogP contribution in [0.5, 0.6) is 0 Å². The van der Waals surface area contributed by atoms with Gasteiger partial charge in [-0.2, -0.15) is 0 Å². The van der Waals surface area contributed by atoms with E-state index in [0.29, 0.717) is 18.7 Å². The summed E-state index contributed by atoms with van der Waals surface area (Å²) in [5.41, 5.74) is 0.714. The molecule has 1 aromatic heterocycles. The van der Waals surface area contributed by atoms with E-state index in [4.69, 9.17) is 9.47 Å². The Morgan fingerprint density at radius 2 is 2.23 bits per heavy atom. The molecule has 2 aliphatic rings. The number of amides is 1. The second-order valence-corrected chi connectivity index (χ2v) is 5.45. The maximum atomic E-state index is 12.0. The van der Waals surface area contributed by atoms with Gasteiger partial charge in [0.25, 0.3) is 0 Å². The fourth-order valence-corrected chi connectivity index (χ4v) is 2.61. The molecule has 1 unspecified atom stereocenters. The average molecular weight is 306 g/mol. The van der Waals surface area contributed by atoms with Crippen molar-refractivity contribution < 1.29 is 14.3 Å². The lowest BCUT2D eigenvalue weighted by atomic mass is 10.2. The topological polar surface area (TPSA) is 75.7 Å². The van der Waals surface area contributed by atoms with E-state index in [1.165, 1.54) is 0 Å². The van der Waals surface area contributed by atoms with Gasteiger partial charge in [-0.1, -0.05) is 0 Å². The van der Waals surface area contributed by atoms with Crippen molar-refractivity contribution in [2.75, 3.05) is 56.2 Å². The molecule has 0 bridgehead atoms. The lowest BCUT2D eigenvalue weighted by molar-refractivity contribution is -0.119. The molecule has 7 heteroatoms. The number of nitrogens with one attached hydrogen (secondary N) is 2. The first kappa shape index (κ1) is 15.2. The van der Waals surface area contributed by atoms with Crippen molar-refractivity contribution >= 4 is 17.4 Å². The molecule has 3 heterocycles. The van der Waals surface area contributed by atoms with Crippen LogP contribution in [-0.2, 0) is 14.3 Å². The Kier molecular flexibility index (Phi) is 5.20. The predicted octanol–water partition coefficient (Wildman–Crippen LogP) is 0.235. The maximum absolute atomic E-state index is 12.0. The van der Waals surface area contributed by atoms with Crippen molar-refractivity contribution in [2.24, 2.45) is 0 Å². The summed E-state index contributed by atoms with van der Waals surface area (Å²) in [7, 11) is 0. The molecule has 7 nitrogen and oxygen atoms in total. The van der Waals surface area contributed by atoms with Crippen LogP contribution in [-0.4, -0.2) is 63.0 Å². The second kappa shape index (κ2) is 7.53. The summed E-state index contributed by atoms with van der Waals surface area (Å²) in [6, 6.07) is 3.81. The first-order chi connectivity index (χ1) is 10.8. The number of carbonyl (C=O) groups is 1. The fraction of sp³-hybridized carbons (Fsp3) is 0.600. The average Bonchev–Trinajstić information content (AvgIpc) is 2.57. The molecule has 22 heavy (non-hydrogen) atoms. The van der Waals surface area contributed by atoms with Gasteiger partial charge in [0.1, 0.15) is 5.82 Å². The van der Waals surface area contributed by atoms with Crippen LogP contribution in [0.3, 0.4) is 0 Å². The van der Waals surface area contributed by atoms with E-state index in [-0.39, 0.29) is 12.0 Å². The Hall–Kier alpha value is -1.70. The van der Waals surface area contributed by atoms with Gasteiger partial charge in [-0.3, -0.25) is 4.79 Å². The van der Waals surface area contributed by atoms with Crippen LogP contribution >= 0.6 is 0 Å². The third-order valence-corrected chi connectivity index (χ3v) is 3.78. The van der Waals surface area contributed by atoms with Gasteiger partial charge < -0.3 is 25.0 Å². The summed E-state index contributed by atoms with van der Waals surface area (Å²) in [6.45, 7) is 5.40. The minimum atomic E-state index is -0.0469. The molecule has 0 aromatic carbocycles. The zero-order chi connectivity index (χ0) is 15.2.